The van der Waals surface area contributed by atoms with Gasteiger partial charge in [-0.25, -0.2) is 5.43 Å². The lowest BCUT2D eigenvalue weighted by atomic mass is 9.97. The van der Waals surface area contributed by atoms with E-state index in [0.717, 1.165) is 20.1 Å². The molecule has 0 spiro atoms. The molecule has 4 nitrogen and oxygen atoms in total. The summed E-state index contributed by atoms with van der Waals surface area (Å²) in [6.45, 7) is 0. The average Bonchev–Trinajstić information content (AvgIpc) is 2.47. The van der Waals surface area contributed by atoms with Gasteiger partial charge in [-0.05, 0) is 35.9 Å². The number of hydrogen-bond donors (Lipinski definition) is 2. The molecule has 0 amide bonds. The van der Waals surface area contributed by atoms with Crippen LogP contribution in [-0.2, 0) is 0 Å². The van der Waals surface area contributed by atoms with Crippen LogP contribution < -0.4 is 20.7 Å². The Balaban J connectivity index is 2.60. The molecule has 0 radical (unpaired) electrons. The normalized spacial score (nSPS) is 12.0. The summed E-state index contributed by atoms with van der Waals surface area (Å²) in [5.74, 6) is 7.22. The summed E-state index contributed by atoms with van der Waals surface area (Å²) in [5.41, 5.74) is 4.68. The quantitative estimate of drug-likeness (QED) is 0.576. The topological polar surface area (TPSA) is 56.5 Å². The zero-order valence-electron chi connectivity index (χ0n) is 11.7. The molecule has 0 fully saturated rings. The van der Waals surface area contributed by atoms with Crippen LogP contribution in [0.1, 0.15) is 17.2 Å². The summed E-state index contributed by atoms with van der Waals surface area (Å²) in [5, 5.41) is 0. The van der Waals surface area contributed by atoms with E-state index in [0.29, 0.717) is 11.5 Å². The lowest BCUT2D eigenvalue weighted by Gasteiger charge is -2.22. The minimum Gasteiger partial charge on any atom is -0.496 e. The summed E-state index contributed by atoms with van der Waals surface area (Å²) >= 11 is 6.99. The number of hydrogen-bond acceptors (Lipinski definition) is 4. The van der Waals surface area contributed by atoms with E-state index in [1.54, 1.807) is 14.2 Å². The van der Waals surface area contributed by atoms with E-state index in [-0.39, 0.29) is 6.04 Å². The Morgan fingerprint density at radius 3 is 1.95 bits per heavy atom. The molecule has 6 heteroatoms. The molecule has 0 saturated heterocycles. The summed E-state index contributed by atoms with van der Waals surface area (Å²) in [6, 6.07) is 11.4. The van der Waals surface area contributed by atoms with Gasteiger partial charge in [0.2, 0.25) is 0 Å². The van der Waals surface area contributed by atoms with Gasteiger partial charge in [-0.1, -0.05) is 37.9 Å². The number of methoxy groups -OCH3 is 2. The molecule has 1 unspecified atom stereocenters. The maximum atomic E-state index is 5.79. The summed E-state index contributed by atoms with van der Waals surface area (Å²) < 4.78 is 12.8. The molecule has 0 aromatic heterocycles. The van der Waals surface area contributed by atoms with E-state index in [1.807, 2.05) is 36.4 Å². The Bertz CT molecular complexity index is 593. The molecule has 0 aliphatic heterocycles. The molecule has 2 aromatic rings. The van der Waals surface area contributed by atoms with Crippen molar-refractivity contribution in [2.75, 3.05) is 14.2 Å². The molecule has 112 valence electrons. The lowest BCUT2D eigenvalue weighted by molar-refractivity contribution is 0.377. The van der Waals surface area contributed by atoms with Gasteiger partial charge in [0.1, 0.15) is 11.5 Å². The van der Waals surface area contributed by atoms with Crippen molar-refractivity contribution in [1.29, 1.82) is 0 Å². The van der Waals surface area contributed by atoms with Crippen molar-refractivity contribution < 1.29 is 9.47 Å². The largest absolute Gasteiger partial charge is 0.496 e. The molecular formula is C15H16Br2N2O2. The highest BCUT2D eigenvalue weighted by Crippen LogP contribution is 2.38. The molecule has 0 heterocycles. The third-order valence-corrected chi connectivity index (χ3v) is 4.06. The Morgan fingerprint density at radius 1 is 1.00 bits per heavy atom. The monoisotopic (exact) mass is 414 g/mol. The average molecular weight is 416 g/mol. The van der Waals surface area contributed by atoms with Crippen LogP contribution in [0.3, 0.4) is 0 Å². The second kappa shape index (κ2) is 7.26. The highest BCUT2D eigenvalue weighted by Gasteiger charge is 2.22. The smallest absolute Gasteiger partial charge is 0.127 e. The van der Waals surface area contributed by atoms with Crippen LogP contribution >= 0.6 is 31.9 Å². The third-order valence-electron chi connectivity index (χ3n) is 3.14. The van der Waals surface area contributed by atoms with Gasteiger partial charge in [0.15, 0.2) is 0 Å². The van der Waals surface area contributed by atoms with Crippen LogP contribution in [0.15, 0.2) is 45.3 Å². The van der Waals surface area contributed by atoms with Crippen LogP contribution in [-0.4, -0.2) is 14.2 Å². The van der Waals surface area contributed by atoms with E-state index in [2.05, 4.69) is 37.3 Å². The molecule has 3 N–H and O–H groups in total. The first kappa shape index (κ1) is 16.3. The maximum absolute atomic E-state index is 5.79. The van der Waals surface area contributed by atoms with Gasteiger partial charge in [0, 0.05) is 8.95 Å². The number of ether oxygens (including phenoxy) is 2. The Morgan fingerprint density at radius 2 is 1.52 bits per heavy atom. The first-order valence-electron chi connectivity index (χ1n) is 6.23. The van der Waals surface area contributed by atoms with Crippen LogP contribution in [0.5, 0.6) is 11.5 Å². The summed E-state index contributed by atoms with van der Waals surface area (Å²) in [4.78, 5) is 0. The molecule has 0 aliphatic rings. The zero-order valence-corrected chi connectivity index (χ0v) is 14.9. The minimum atomic E-state index is -0.259. The van der Waals surface area contributed by atoms with Crippen molar-refractivity contribution in [2.24, 2.45) is 5.84 Å². The number of nitrogens with one attached hydrogen (secondary N) is 1. The van der Waals surface area contributed by atoms with Crippen LogP contribution in [0.25, 0.3) is 0 Å². The number of nitrogens with two attached hydrogens (primary N) is 1. The first-order valence-corrected chi connectivity index (χ1v) is 7.82. The van der Waals surface area contributed by atoms with Crippen molar-refractivity contribution in [3.05, 3.63) is 56.5 Å². The predicted molar refractivity (Wildman–Crippen MR) is 90.6 cm³/mol. The summed E-state index contributed by atoms with van der Waals surface area (Å²) in [7, 11) is 3.26. The molecule has 2 rings (SSSR count). The molecule has 21 heavy (non-hydrogen) atoms. The maximum Gasteiger partial charge on any atom is 0.127 e. The van der Waals surface area contributed by atoms with Crippen molar-refractivity contribution in [2.45, 2.75) is 6.04 Å². The lowest BCUT2D eigenvalue weighted by Crippen LogP contribution is -2.29. The molecule has 0 saturated carbocycles. The number of benzene rings is 2. The van der Waals surface area contributed by atoms with Crippen molar-refractivity contribution >= 4 is 31.9 Å². The van der Waals surface area contributed by atoms with Crippen molar-refractivity contribution in [1.82, 2.24) is 5.43 Å². The SMILES string of the molecule is COc1cccc(OC)c1C(NN)c1cc(Br)cc(Br)c1. The molecule has 2 aromatic carbocycles. The Labute approximate surface area is 140 Å². The van der Waals surface area contributed by atoms with E-state index in [9.17, 15) is 0 Å². The van der Waals surface area contributed by atoms with Crippen LogP contribution in [0.2, 0.25) is 0 Å². The van der Waals surface area contributed by atoms with E-state index < -0.39 is 0 Å². The van der Waals surface area contributed by atoms with Crippen molar-refractivity contribution in [3.8, 4) is 11.5 Å². The Kier molecular flexibility index (Phi) is 5.64. The van der Waals surface area contributed by atoms with E-state index in [4.69, 9.17) is 15.3 Å². The Hall–Kier alpha value is -1.08. The predicted octanol–water partition coefficient (Wildman–Crippen LogP) is 3.78. The standard InChI is InChI=1S/C15H16Br2N2O2/c1-20-12-4-3-5-13(21-2)14(12)15(19-18)9-6-10(16)8-11(17)7-9/h3-8,15,19H,18H2,1-2H3. The zero-order chi connectivity index (χ0) is 15.4. The fourth-order valence-electron chi connectivity index (χ4n) is 2.25. The minimum absolute atomic E-state index is 0.259. The highest BCUT2D eigenvalue weighted by molar-refractivity contribution is 9.11. The van der Waals surface area contributed by atoms with Crippen LogP contribution in [0.4, 0.5) is 0 Å². The van der Waals surface area contributed by atoms with Gasteiger partial charge < -0.3 is 9.47 Å². The van der Waals surface area contributed by atoms with Crippen LogP contribution in [0, 0.1) is 0 Å². The second-order valence-corrected chi connectivity index (χ2v) is 6.21. The van der Waals surface area contributed by atoms with Crippen molar-refractivity contribution in [3.63, 3.8) is 0 Å². The van der Waals surface area contributed by atoms with Gasteiger partial charge in [-0.2, -0.15) is 0 Å². The highest BCUT2D eigenvalue weighted by atomic mass is 79.9. The molecular weight excluding hydrogens is 400 g/mol. The van der Waals surface area contributed by atoms with Gasteiger partial charge in [-0.15, -0.1) is 0 Å². The second-order valence-electron chi connectivity index (χ2n) is 4.38. The fourth-order valence-corrected chi connectivity index (χ4v) is 3.58. The summed E-state index contributed by atoms with van der Waals surface area (Å²) in [6.07, 6.45) is 0. The van der Waals surface area contributed by atoms with Gasteiger partial charge >= 0.3 is 0 Å². The molecule has 1 atom stereocenters. The van der Waals surface area contributed by atoms with Gasteiger partial charge in [-0.3, -0.25) is 5.84 Å². The number of halogens is 2. The third kappa shape index (κ3) is 3.58. The fraction of sp³-hybridized carbons (Fsp3) is 0.200. The number of rotatable bonds is 5. The van der Waals surface area contributed by atoms with E-state index >= 15 is 0 Å². The first-order chi connectivity index (χ1) is 10.1. The van der Waals surface area contributed by atoms with E-state index in [1.165, 1.54) is 0 Å². The van der Waals surface area contributed by atoms with Gasteiger partial charge in [0.05, 0.1) is 25.8 Å². The molecule has 0 aliphatic carbocycles. The number of hydrazine groups is 1. The molecule has 0 bridgehead atoms. The van der Waals surface area contributed by atoms with Gasteiger partial charge in [0.25, 0.3) is 0 Å².